The smallest absolute Gasteiger partial charge is 0.182 e. The van der Waals surface area contributed by atoms with Gasteiger partial charge in [0.15, 0.2) is 52.4 Å². The maximum absolute atomic E-state index is 5.15. The average molecular weight is 1580 g/mol. The van der Waals surface area contributed by atoms with Gasteiger partial charge in [0.05, 0.1) is 33.1 Å². The van der Waals surface area contributed by atoms with Crippen LogP contribution in [0.1, 0.15) is 0 Å². The Hall–Kier alpha value is -17.0. The first kappa shape index (κ1) is 72.5. The molecule has 0 saturated carbocycles. The SMILES string of the molecule is c1ccc(-c2nc(-c3ccccc3)nc(-c3ccc(-n4c5ccccc5c5c6ccccc6ccc54)nc3)n2)cc1.c1ccc(-c2nc(-c3ccccc3)nc(-c3ccc(-n4c5ccccc5c5cc6ccccc6cc54)cc3)n2)cc1.c1ccc(-c2nc(-c3ccccc3)nc(-c3cccc(-n4c5ccccc5c5c6ccccc6ccc54)n3)n2)cc1. The normalized spacial score (nSPS) is 11.4. The Morgan fingerprint density at radius 1 is 0.163 bits per heavy atom. The zero-order valence-corrected chi connectivity index (χ0v) is 66.2. The second kappa shape index (κ2) is 31.5. The number of pyridine rings is 2. The monoisotopic (exact) mass is 1570 g/mol. The lowest BCUT2D eigenvalue weighted by Crippen LogP contribution is -2.03. The minimum atomic E-state index is 0.533. The van der Waals surface area contributed by atoms with Gasteiger partial charge in [0.25, 0.3) is 0 Å². The van der Waals surface area contributed by atoms with E-state index in [-0.39, 0.29) is 0 Å². The molecular formula is C109H70N14. The van der Waals surface area contributed by atoms with Crippen LogP contribution in [0, 0.1) is 0 Å². The molecule has 0 aliphatic rings. The molecule has 0 N–H and O–H groups in total. The van der Waals surface area contributed by atoms with E-state index in [9.17, 15) is 0 Å². The van der Waals surface area contributed by atoms with Gasteiger partial charge in [0, 0.05) is 88.7 Å². The number of hydrogen-bond acceptors (Lipinski definition) is 11. The maximum atomic E-state index is 5.15. The van der Waals surface area contributed by atoms with Crippen LogP contribution >= 0.6 is 0 Å². The summed E-state index contributed by atoms with van der Waals surface area (Å²) in [7, 11) is 0. The molecule has 0 fully saturated rings. The Morgan fingerprint density at radius 2 is 0.488 bits per heavy atom. The molecule has 16 aromatic carbocycles. The van der Waals surface area contributed by atoms with Crippen LogP contribution < -0.4 is 0 Å². The van der Waals surface area contributed by atoms with Crippen molar-refractivity contribution in [2.24, 2.45) is 0 Å². The predicted octanol–water partition coefficient (Wildman–Crippen LogP) is 26.2. The van der Waals surface area contributed by atoms with Gasteiger partial charge in [-0.15, -0.1) is 0 Å². The Morgan fingerprint density at radius 3 is 0.902 bits per heavy atom. The summed E-state index contributed by atoms with van der Waals surface area (Å²) in [6.45, 7) is 0. The van der Waals surface area contributed by atoms with Crippen LogP contribution in [0.3, 0.4) is 0 Å². The van der Waals surface area contributed by atoms with Gasteiger partial charge < -0.3 is 4.57 Å². The quantitative estimate of drug-likeness (QED) is 0.115. The van der Waals surface area contributed by atoms with Crippen LogP contribution in [0.25, 0.3) is 218 Å². The minimum absolute atomic E-state index is 0.533. The highest BCUT2D eigenvalue weighted by Gasteiger charge is 2.23. The van der Waals surface area contributed by atoms with Crippen LogP contribution in [0.15, 0.2) is 425 Å². The topological polar surface area (TPSA) is 157 Å². The van der Waals surface area contributed by atoms with Crippen LogP contribution in [-0.2, 0) is 0 Å². The molecule has 8 heterocycles. The van der Waals surface area contributed by atoms with Crippen molar-refractivity contribution >= 4 is 97.7 Å². The summed E-state index contributed by atoms with van der Waals surface area (Å²) in [5.41, 5.74) is 16.1. The third-order valence-corrected chi connectivity index (χ3v) is 22.6. The van der Waals surface area contributed by atoms with Gasteiger partial charge in [0.2, 0.25) is 0 Å². The maximum Gasteiger partial charge on any atom is 0.182 e. The molecule has 576 valence electrons. The summed E-state index contributed by atoms with van der Waals surface area (Å²) in [5.74, 6) is 7.24. The van der Waals surface area contributed by atoms with Gasteiger partial charge in [-0.05, 0) is 123 Å². The predicted molar refractivity (Wildman–Crippen MR) is 500 cm³/mol. The Labute approximate surface area is 706 Å². The molecule has 0 amide bonds. The molecule has 0 aliphatic carbocycles. The molecule has 0 bridgehead atoms. The fourth-order valence-corrected chi connectivity index (χ4v) is 16.8. The number of para-hydroxylation sites is 3. The summed E-state index contributed by atoms with van der Waals surface area (Å²) in [6, 6.07) is 143. The van der Waals surface area contributed by atoms with E-state index in [4.69, 9.17) is 54.8 Å². The molecule has 0 radical (unpaired) electrons. The molecule has 8 aromatic heterocycles. The summed E-state index contributed by atoms with van der Waals surface area (Å²) < 4.78 is 6.82. The third-order valence-electron chi connectivity index (χ3n) is 22.6. The molecule has 0 saturated heterocycles. The number of fused-ring (bicyclic) bond motifs is 14. The van der Waals surface area contributed by atoms with E-state index in [0.29, 0.717) is 58.1 Å². The van der Waals surface area contributed by atoms with Gasteiger partial charge in [0.1, 0.15) is 17.3 Å². The minimum Gasteiger partial charge on any atom is -0.309 e. The largest absolute Gasteiger partial charge is 0.309 e. The van der Waals surface area contributed by atoms with Gasteiger partial charge >= 0.3 is 0 Å². The van der Waals surface area contributed by atoms with E-state index in [1.54, 1.807) is 0 Å². The van der Waals surface area contributed by atoms with Crippen molar-refractivity contribution < 1.29 is 0 Å². The Bertz CT molecular complexity index is 7740. The molecule has 14 nitrogen and oxygen atoms in total. The molecule has 0 unspecified atom stereocenters. The first-order valence-corrected chi connectivity index (χ1v) is 40.9. The second-order valence-corrected chi connectivity index (χ2v) is 30.1. The molecule has 24 aromatic rings. The zero-order chi connectivity index (χ0) is 81.5. The standard InChI is InChI=1S/C37H24N4.2C36H23N5/c1-3-11-25(12-4-1)35-38-36(26-13-5-2-6-14-26)40-37(39-35)27-19-21-30(22-20-27)41-33-18-10-9-17-31(33)32-23-28-15-7-8-16-29(28)24-34(32)41;1-3-13-25(14-4-1)34-38-35(26-15-5-2-6-16-26)40-36(39-34)29-19-11-21-32(37-29)41-30-20-10-9-18-28(30)33-27-17-8-7-12-24(27)22-23-31(33)41;1-3-12-25(13-4-1)34-38-35(26-14-5-2-6-15-26)40-36(39-34)27-20-22-32(37-23-27)41-30-18-10-9-17-29(30)33-28-16-8-7-11-24(28)19-21-31(33)41/h1-24H;2*1-23H. The molecule has 0 spiro atoms. The lowest BCUT2D eigenvalue weighted by atomic mass is 10.0. The lowest BCUT2D eigenvalue weighted by molar-refractivity contribution is 1.03. The zero-order valence-electron chi connectivity index (χ0n) is 66.2. The van der Waals surface area contributed by atoms with Crippen molar-refractivity contribution in [3.8, 4) is 120 Å². The van der Waals surface area contributed by atoms with Crippen molar-refractivity contribution in [3.05, 3.63) is 425 Å². The highest BCUT2D eigenvalue weighted by atomic mass is 15.1. The number of benzene rings is 16. The first-order valence-electron chi connectivity index (χ1n) is 40.9. The highest BCUT2D eigenvalue weighted by molar-refractivity contribution is 6.23. The average Bonchev–Trinajstić information content (AvgIpc) is 1.59. The van der Waals surface area contributed by atoms with E-state index in [0.717, 1.165) is 83.9 Å². The third kappa shape index (κ3) is 13.7. The van der Waals surface area contributed by atoms with Crippen molar-refractivity contribution in [2.45, 2.75) is 0 Å². The molecule has 24 rings (SSSR count). The van der Waals surface area contributed by atoms with Crippen LogP contribution in [-0.4, -0.2) is 68.5 Å². The van der Waals surface area contributed by atoms with Crippen LogP contribution in [0.2, 0.25) is 0 Å². The molecule has 0 aliphatic heterocycles. The van der Waals surface area contributed by atoms with Crippen molar-refractivity contribution in [3.63, 3.8) is 0 Å². The number of rotatable bonds is 12. The second-order valence-electron chi connectivity index (χ2n) is 30.1. The molecule has 0 atom stereocenters. The summed E-state index contributed by atoms with van der Waals surface area (Å²) in [4.78, 5) is 53.8. The van der Waals surface area contributed by atoms with E-state index >= 15 is 0 Å². The van der Waals surface area contributed by atoms with Crippen LogP contribution in [0.4, 0.5) is 0 Å². The molecular weight excluding hydrogens is 1510 g/mol. The number of aromatic nitrogens is 14. The number of hydrogen-bond donors (Lipinski definition) is 0. The van der Waals surface area contributed by atoms with E-state index in [1.807, 2.05) is 219 Å². The van der Waals surface area contributed by atoms with Crippen LogP contribution in [0.5, 0.6) is 0 Å². The summed E-state index contributed by atoms with van der Waals surface area (Å²) in [6.07, 6.45) is 1.86. The molecule has 123 heavy (non-hydrogen) atoms. The first-order chi connectivity index (χ1) is 61.0. The van der Waals surface area contributed by atoms with E-state index in [2.05, 4.69) is 220 Å². The Kier molecular flexibility index (Phi) is 18.5. The fourth-order valence-electron chi connectivity index (χ4n) is 16.8. The van der Waals surface area contributed by atoms with E-state index in [1.165, 1.54) is 75.7 Å². The van der Waals surface area contributed by atoms with Crippen molar-refractivity contribution in [1.82, 2.24) is 68.5 Å². The summed E-state index contributed by atoms with van der Waals surface area (Å²) >= 11 is 0. The number of nitrogens with zero attached hydrogens (tertiary/aromatic N) is 14. The van der Waals surface area contributed by atoms with Gasteiger partial charge in [-0.1, -0.05) is 328 Å². The van der Waals surface area contributed by atoms with Gasteiger partial charge in [-0.25, -0.2) is 54.8 Å². The van der Waals surface area contributed by atoms with Gasteiger partial charge in [-0.2, -0.15) is 0 Å². The Balaban J connectivity index is 0.000000110. The summed E-state index contributed by atoms with van der Waals surface area (Å²) in [5, 5.41) is 14.8. The highest BCUT2D eigenvalue weighted by Crippen LogP contribution is 2.41. The van der Waals surface area contributed by atoms with Crippen molar-refractivity contribution in [2.75, 3.05) is 0 Å². The molecule has 14 heteroatoms. The van der Waals surface area contributed by atoms with Crippen molar-refractivity contribution in [1.29, 1.82) is 0 Å². The van der Waals surface area contributed by atoms with E-state index < -0.39 is 0 Å². The van der Waals surface area contributed by atoms with Gasteiger partial charge in [-0.3, -0.25) is 9.13 Å². The fraction of sp³-hybridized carbons (Fsp3) is 0. The lowest BCUT2D eigenvalue weighted by Gasteiger charge is -2.11.